The molecule has 1 saturated heterocycles. The molecule has 222 valence electrons. The van der Waals surface area contributed by atoms with Crippen LogP contribution in [0.3, 0.4) is 0 Å². The van der Waals surface area contributed by atoms with Crippen LogP contribution in [0.15, 0.2) is 35.3 Å². The van der Waals surface area contributed by atoms with E-state index in [0.717, 1.165) is 78.1 Å². The topological polar surface area (TPSA) is 107 Å². The predicted molar refractivity (Wildman–Crippen MR) is 165 cm³/mol. The minimum atomic E-state index is -0.979. The monoisotopic (exact) mass is 568 g/mol. The maximum Gasteiger partial charge on any atom is 0.166 e. The van der Waals surface area contributed by atoms with Crippen molar-refractivity contribution in [3.8, 4) is 11.5 Å². The lowest BCUT2D eigenvalue weighted by Crippen LogP contribution is -2.74. The van der Waals surface area contributed by atoms with E-state index >= 15 is 0 Å². The van der Waals surface area contributed by atoms with Gasteiger partial charge in [-0.15, -0.1) is 0 Å². The summed E-state index contributed by atoms with van der Waals surface area (Å²) in [6, 6.07) is 10.4. The molecule has 0 radical (unpaired) electrons. The van der Waals surface area contributed by atoms with Crippen LogP contribution in [0, 0.1) is 5.92 Å². The van der Waals surface area contributed by atoms with E-state index in [1.54, 1.807) is 6.07 Å². The molecule has 8 rings (SSSR count). The number of hydrogen-bond donors (Lipinski definition) is 4. The number of phenolic OH excluding ortho intramolecular Hbond substituents is 1. The van der Waals surface area contributed by atoms with E-state index in [1.807, 2.05) is 0 Å². The summed E-state index contributed by atoms with van der Waals surface area (Å²) in [5.41, 5.74) is 11.5. The molecular weight excluding hydrogens is 524 g/mol. The summed E-state index contributed by atoms with van der Waals surface area (Å²) in [7, 11) is 0. The van der Waals surface area contributed by atoms with Crippen LogP contribution in [-0.2, 0) is 24.7 Å². The van der Waals surface area contributed by atoms with Crippen LogP contribution in [-0.4, -0.2) is 57.2 Å². The maximum absolute atomic E-state index is 13.1. The molecule has 0 unspecified atom stereocenters. The number of unbranched alkanes of at least 4 members (excludes halogenated alkanes) is 4. The molecule has 1 saturated carbocycles. The second kappa shape index (κ2) is 9.75. The minimum absolute atomic E-state index is 0.0299. The number of ether oxygens (including phenoxy) is 1. The van der Waals surface area contributed by atoms with Gasteiger partial charge in [-0.3, -0.25) is 9.89 Å². The van der Waals surface area contributed by atoms with Gasteiger partial charge in [-0.1, -0.05) is 44.7 Å². The summed E-state index contributed by atoms with van der Waals surface area (Å²) >= 11 is 0. The number of aliphatic hydroxyl groups is 1. The molecule has 4 atom stereocenters. The number of aromatic nitrogens is 1. The fraction of sp³-hybridized carbons (Fsp3) is 0.571. The Balaban J connectivity index is 1.16. The smallest absolute Gasteiger partial charge is 0.166 e. The van der Waals surface area contributed by atoms with Crippen molar-refractivity contribution < 1.29 is 14.9 Å². The van der Waals surface area contributed by atoms with Gasteiger partial charge in [0.05, 0.1) is 22.5 Å². The Morgan fingerprint density at radius 1 is 1.17 bits per heavy atom. The van der Waals surface area contributed by atoms with E-state index in [2.05, 4.69) is 46.1 Å². The highest BCUT2D eigenvalue weighted by Crippen LogP contribution is 2.69. The van der Waals surface area contributed by atoms with Crippen LogP contribution in [0.5, 0.6) is 11.5 Å². The molecule has 7 heteroatoms. The fourth-order valence-corrected chi connectivity index (χ4v) is 8.98. The average Bonchev–Trinajstić information content (AvgIpc) is 3.62. The van der Waals surface area contributed by atoms with Crippen molar-refractivity contribution in [2.24, 2.45) is 16.6 Å². The van der Waals surface area contributed by atoms with E-state index in [9.17, 15) is 10.2 Å². The lowest BCUT2D eigenvalue weighted by molar-refractivity contribution is -0.173. The van der Waals surface area contributed by atoms with Gasteiger partial charge in [-0.25, -0.2) is 0 Å². The van der Waals surface area contributed by atoms with Gasteiger partial charge < -0.3 is 25.7 Å². The van der Waals surface area contributed by atoms with Crippen molar-refractivity contribution in [2.45, 2.75) is 101 Å². The molecule has 42 heavy (non-hydrogen) atoms. The van der Waals surface area contributed by atoms with Gasteiger partial charge >= 0.3 is 0 Å². The number of piperidine rings is 1. The summed E-state index contributed by atoms with van der Waals surface area (Å²) in [5.74, 6) is 2.20. The van der Waals surface area contributed by atoms with Gasteiger partial charge in [0.15, 0.2) is 17.6 Å². The Hall–Kier alpha value is -3.03. The SMILES string of the molecule is CCCCCCCN=C(N)Cc1ccc2[nH]c3c(c2c1)C[C@@]1(O)[C@@H]2Cc4ccc(O)c5c4[C@@]1(CCN2CC1CC1)[C@H]3O5. The molecule has 2 aliphatic heterocycles. The molecule has 5 aliphatic rings. The Bertz CT molecular complexity index is 1570. The summed E-state index contributed by atoms with van der Waals surface area (Å²) in [6.07, 6.45) is 11.2. The molecule has 0 amide bonds. The Labute approximate surface area is 248 Å². The minimum Gasteiger partial charge on any atom is -0.504 e. The second-order valence-corrected chi connectivity index (χ2v) is 13.8. The average molecular weight is 569 g/mol. The molecule has 2 fully saturated rings. The number of aromatic hydroxyl groups is 1. The summed E-state index contributed by atoms with van der Waals surface area (Å²) in [5, 5.41) is 25.1. The van der Waals surface area contributed by atoms with Gasteiger partial charge in [0, 0.05) is 48.4 Å². The predicted octanol–water partition coefficient (Wildman–Crippen LogP) is 5.44. The number of amidine groups is 1. The molecule has 5 N–H and O–H groups in total. The number of hydrogen-bond acceptors (Lipinski definition) is 5. The van der Waals surface area contributed by atoms with E-state index in [0.29, 0.717) is 24.4 Å². The molecule has 1 spiro atoms. The van der Waals surface area contributed by atoms with Crippen LogP contribution in [0.4, 0.5) is 0 Å². The van der Waals surface area contributed by atoms with E-state index < -0.39 is 11.0 Å². The molecule has 3 aliphatic carbocycles. The number of nitrogens with two attached hydrogens (primary N) is 1. The molecule has 2 aromatic carbocycles. The molecule has 3 aromatic rings. The standard InChI is InChI=1S/C35H44N4O3/c1-2-3-4-5-6-14-37-29(36)17-22-9-11-26-24(16-22)25-19-35(41)28-18-23-10-12-27(40)32-30(23)34(35,33(42-32)31(25)38-26)13-15-39(28)20-21-7-8-21/h9-12,16,21,28,33,38,40-41H,2-8,13-15,17-20H2,1H3,(H2,36,37)/t28-,33-,34-,35+/m0/s1. The summed E-state index contributed by atoms with van der Waals surface area (Å²) in [4.78, 5) is 11.0. The quantitative estimate of drug-likeness (QED) is 0.148. The van der Waals surface area contributed by atoms with Crippen molar-refractivity contribution in [3.05, 3.63) is 58.3 Å². The van der Waals surface area contributed by atoms with E-state index in [1.165, 1.54) is 44.1 Å². The summed E-state index contributed by atoms with van der Waals surface area (Å²) in [6.45, 7) is 5.04. The number of fused-ring (bicyclic) bond motifs is 4. The van der Waals surface area contributed by atoms with Crippen LogP contribution in [0.1, 0.15) is 92.3 Å². The number of nitrogens with one attached hydrogen (secondary N) is 1. The zero-order chi connectivity index (χ0) is 28.6. The van der Waals surface area contributed by atoms with Crippen molar-refractivity contribution in [3.63, 3.8) is 0 Å². The van der Waals surface area contributed by atoms with Gasteiger partial charge in [-0.05, 0) is 79.5 Å². The van der Waals surface area contributed by atoms with Crippen molar-refractivity contribution >= 4 is 16.7 Å². The lowest BCUT2D eigenvalue weighted by atomic mass is 9.49. The van der Waals surface area contributed by atoms with Gasteiger partial charge in [0.25, 0.3) is 0 Å². The van der Waals surface area contributed by atoms with Crippen molar-refractivity contribution in [1.82, 2.24) is 9.88 Å². The van der Waals surface area contributed by atoms with Crippen LogP contribution in [0.25, 0.3) is 10.9 Å². The number of benzene rings is 2. The van der Waals surface area contributed by atoms with Crippen molar-refractivity contribution in [1.29, 1.82) is 0 Å². The lowest BCUT2D eigenvalue weighted by Gasteiger charge is -2.62. The molecule has 2 bridgehead atoms. The zero-order valence-electron chi connectivity index (χ0n) is 24.8. The molecule has 1 aromatic heterocycles. The second-order valence-electron chi connectivity index (χ2n) is 13.8. The fourth-order valence-electron chi connectivity index (χ4n) is 8.98. The Kier molecular flexibility index (Phi) is 6.17. The highest BCUT2D eigenvalue weighted by molar-refractivity contribution is 5.89. The van der Waals surface area contributed by atoms with E-state index in [-0.39, 0.29) is 17.9 Å². The molecule has 3 heterocycles. The summed E-state index contributed by atoms with van der Waals surface area (Å²) < 4.78 is 6.73. The van der Waals surface area contributed by atoms with Gasteiger partial charge in [0.2, 0.25) is 0 Å². The highest BCUT2D eigenvalue weighted by Gasteiger charge is 2.72. The third-order valence-electron chi connectivity index (χ3n) is 11.2. The highest BCUT2D eigenvalue weighted by atomic mass is 16.5. The third kappa shape index (κ3) is 3.82. The van der Waals surface area contributed by atoms with Gasteiger partial charge in [-0.2, -0.15) is 0 Å². The first-order valence-electron chi connectivity index (χ1n) is 16.3. The molecular formula is C35H44N4O3. The Morgan fingerprint density at radius 2 is 2.02 bits per heavy atom. The van der Waals surface area contributed by atoms with Crippen LogP contribution >= 0.6 is 0 Å². The number of aromatic amines is 1. The zero-order valence-corrected chi connectivity index (χ0v) is 24.8. The number of likely N-dealkylation sites (tertiary alicyclic amines) is 1. The van der Waals surface area contributed by atoms with Crippen molar-refractivity contribution in [2.75, 3.05) is 19.6 Å². The van der Waals surface area contributed by atoms with E-state index in [4.69, 9.17) is 10.5 Å². The number of nitrogens with zero attached hydrogens (tertiary/aromatic N) is 2. The number of H-pyrrole nitrogens is 1. The Morgan fingerprint density at radius 3 is 2.86 bits per heavy atom. The first kappa shape index (κ1) is 26.6. The van der Waals surface area contributed by atoms with Gasteiger partial charge in [0.1, 0.15) is 0 Å². The largest absolute Gasteiger partial charge is 0.504 e. The van der Waals surface area contributed by atoms with Crippen LogP contribution in [0.2, 0.25) is 0 Å². The number of aliphatic imine (C=N–C) groups is 1. The molecule has 7 nitrogen and oxygen atoms in total. The third-order valence-corrected chi connectivity index (χ3v) is 11.2. The number of rotatable bonds is 10. The number of phenols is 1. The maximum atomic E-state index is 13.1. The normalized spacial score (nSPS) is 29.4. The first-order chi connectivity index (χ1) is 20.4. The first-order valence-corrected chi connectivity index (χ1v) is 16.3. The van der Waals surface area contributed by atoms with Crippen LogP contribution < -0.4 is 10.5 Å².